The fraction of sp³-hybridized carbons (Fsp3) is 0.500. The Morgan fingerprint density at radius 2 is 2.11 bits per heavy atom. The van der Waals surface area contributed by atoms with Gasteiger partial charge in [-0.05, 0) is 23.1 Å². The molecule has 106 valence electrons. The zero-order chi connectivity index (χ0) is 14.5. The monoisotopic (exact) mass is 266 g/mol. The van der Waals surface area contributed by atoms with Gasteiger partial charge in [0.1, 0.15) is 5.75 Å². The molecule has 1 rings (SSSR count). The summed E-state index contributed by atoms with van der Waals surface area (Å²) in [6, 6.07) is 7.66. The van der Waals surface area contributed by atoms with Gasteiger partial charge in [0.25, 0.3) is 5.91 Å². The fourth-order valence-corrected chi connectivity index (χ4v) is 1.61. The Morgan fingerprint density at radius 3 is 2.63 bits per heavy atom. The second kappa shape index (κ2) is 6.54. The Balaban J connectivity index is 2.88. The van der Waals surface area contributed by atoms with Crippen molar-refractivity contribution in [3.05, 3.63) is 29.8 Å². The van der Waals surface area contributed by atoms with Crippen LogP contribution in [0.1, 0.15) is 26.3 Å². The van der Waals surface area contributed by atoms with E-state index in [2.05, 4.69) is 26.2 Å². The van der Waals surface area contributed by atoms with Gasteiger partial charge in [0.15, 0.2) is 0 Å². The minimum atomic E-state index is -0.759. The first kappa shape index (κ1) is 15.5. The molecule has 1 amide bonds. The molecule has 5 nitrogen and oxygen atoms in total. The largest absolute Gasteiger partial charge is 0.478 e. The number of hydrogen-bond donors (Lipinski definition) is 2. The van der Waals surface area contributed by atoms with Crippen molar-refractivity contribution in [1.29, 1.82) is 0 Å². The van der Waals surface area contributed by atoms with Crippen LogP contribution in [0.25, 0.3) is 0 Å². The number of amides is 1. The van der Waals surface area contributed by atoms with Crippen molar-refractivity contribution in [2.75, 3.05) is 13.7 Å². The number of rotatable bonds is 5. The van der Waals surface area contributed by atoms with Crippen LogP contribution in [-0.2, 0) is 14.9 Å². The standard InChI is InChI=1S/C14H22N2O3/c1-14(2,3)10-6-5-7-11(8-10)19-12(9-18-4)13(17)16-15/h5-8,12H,9,15H2,1-4H3,(H,16,17). The van der Waals surface area contributed by atoms with E-state index in [-0.39, 0.29) is 12.0 Å². The molecule has 1 aromatic carbocycles. The van der Waals surface area contributed by atoms with E-state index < -0.39 is 12.0 Å². The third-order valence-corrected chi connectivity index (χ3v) is 2.73. The summed E-state index contributed by atoms with van der Waals surface area (Å²) >= 11 is 0. The molecular formula is C14H22N2O3. The van der Waals surface area contributed by atoms with Crippen LogP contribution in [-0.4, -0.2) is 25.7 Å². The van der Waals surface area contributed by atoms with Crippen molar-refractivity contribution < 1.29 is 14.3 Å². The van der Waals surface area contributed by atoms with Crippen LogP contribution in [0.2, 0.25) is 0 Å². The summed E-state index contributed by atoms with van der Waals surface area (Å²) in [4.78, 5) is 11.5. The third-order valence-electron chi connectivity index (χ3n) is 2.73. The molecule has 0 aliphatic rings. The molecule has 0 saturated heterocycles. The number of carbonyl (C=O) groups is 1. The lowest BCUT2D eigenvalue weighted by molar-refractivity contribution is -0.130. The van der Waals surface area contributed by atoms with Crippen molar-refractivity contribution in [3.63, 3.8) is 0 Å². The second-order valence-corrected chi connectivity index (χ2v) is 5.35. The minimum absolute atomic E-state index is 0.0201. The molecule has 19 heavy (non-hydrogen) atoms. The quantitative estimate of drug-likeness (QED) is 0.479. The molecule has 0 spiro atoms. The molecule has 1 atom stereocenters. The molecule has 0 aliphatic heterocycles. The topological polar surface area (TPSA) is 73.6 Å². The molecule has 0 fully saturated rings. The Hall–Kier alpha value is -1.59. The highest BCUT2D eigenvalue weighted by Gasteiger charge is 2.20. The van der Waals surface area contributed by atoms with Gasteiger partial charge in [-0.2, -0.15) is 0 Å². The van der Waals surface area contributed by atoms with Crippen LogP contribution >= 0.6 is 0 Å². The lowest BCUT2D eigenvalue weighted by Crippen LogP contribution is -2.44. The van der Waals surface area contributed by atoms with Crippen LogP contribution in [0, 0.1) is 0 Å². The smallest absolute Gasteiger partial charge is 0.277 e. The number of carbonyl (C=O) groups excluding carboxylic acids is 1. The molecule has 3 N–H and O–H groups in total. The van der Waals surface area contributed by atoms with Gasteiger partial charge in [-0.1, -0.05) is 32.9 Å². The SMILES string of the molecule is COCC(Oc1cccc(C(C)(C)C)c1)C(=O)NN. The second-order valence-electron chi connectivity index (χ2n) is 5.35. The van der Waals surface area contributed by atoms with Crippen LogP contribution in [0.5, 0.6) is 5.75 Å². The van der Waals surface area contributed by atoms with E-state index in [0.717, 1.165) is 5.56 Å². The predicted octanol–water partition coefficient (Wildman–Crippen LogP) is 1.37. The van der Waals surface area contributed by atoms with E-state index in [4.69, 9.17) is 15.3 Å². The van der Waals surface area contributed by atoms with Gasteiger partial charge in [-0.15, -0.1) is 0 Å². The van der Waals surface area contributed by atoms with E-state index >= 15 is 0 Å². The molecule has 0 aliphatic carbocycles. The number of hydrazine groups is 1. The van der Waals surface area contributed by atoms with Crippen LogP contribution in [0.3, 0.4) is 0 Å². The van der Waals surface area contributed by atoms with Crippen molar-refractivity contribution in [2.45, 2.75) is 32.3 Å². The van der Waals surface area contributed by atoms with Crippen molar-refractivity contribution in [2.24, 2.45) is 5.84 Å². The summed E-state index contributed by atoms with van der Waals surface area (Å²) in [6.45, 7) is 6.49. The third kappa shape index (κ3) is 4.54. The lowest BCUT2D eigenvalue weighted by Gasteiger charge is -2.21. The highest BCUT2D eigenvalue weighted by molar-refractivity contribution is 5.80. The normalized spacial score (nSPS) is 12.9. The van der Waals surface area contributed by atoms with Gasteiger partial charge in [0.2, 0.25) is 6.10 Å². The first-order chi connectivity index (χ1) is 8.88. The number of benzene rings is 1. The highest BCUT2D eigenvalue weighted by Crippen LogP contribution is 2.26. The Labute approximate surface area is 114 Å². The van der Waals surface area contributed by atoms with Gasteiger partial charge in [-0.25, -0.2) is 5.84 Å². The number of ether oxygens (including phenoxy) is 2. The fourth-order valence-electron chi connectivity index (χ4n) is 1.61. The molecule has 1 unspecified atom stereocenters. The molecule has 0 heterocycles. The van der Waals surface area contributed by atoms with E-state index in [9.17, 15) is 4.79 Å². The molecular weight excluding hydrogens is 244 g/mol. The first-order valence-electron chi connectivity index (χ1n) is 6.15. The summed E-state index contributed by atoms with van der Waals surface area (Å²) in [6.07, 6.45) is -0.759. The summed E-state index contributed by atoms with van der Waals surface area (Å²) < 4.78 is 10.6. The summed E-state index contributed by atoms with van der Waals surface area (Å²) in [7, 11) is 1.51. The summed E-state index contributed by atoms with van der Waals surface area (Å²) in [5, 5.41) is 0. The van der Waals surface area contributed by atoms with Crippen LogP contribution < -0.4 is 16.0 Å². The van der Waals surface area contributed by atoms with Gasteiger partial charge >= 0.3 is 0 Å². The number of nitrogens with two attached hydrogens (primary N) is 1. The maximum Gasteiger partial charge on any atom is 0.277 e. The van der Waals surface area contributed by atoms with Gasteiger partial charge in [-0.3, -0.25) is 10.2 Å². The number of nitrogens with one attached hydrogen (secondary N) is 1. The number of hydrogen-bond acceptors (Lipinski definition) is 4. The van der Waals surface area contributed by atoms with Crippen molar-refractivity contribution in [1.82, 2.24) is 5.43 Å². The van der Waals surface area contributed by atoms with Crippen LogP contribution in [0.4, 0.5) is 0 Å². The number of methoxy groups -OCH3 is 1. The predicted molar refractivity (Wildman–Crippen MR) is 73.8 cm³/mol. The highest BCUT2D eigenvalue weighted by atomic mass is 16.5. The zero-order valence-corrected chi connectivity index (χ0v) is 11.9. The maximum absolute atomic E-state index is 11.5. The Morgan fingerprint density at radius 1 is 1.42 bits per heavy atom. The van der Waals surface area contributed by atoms with Crippen LogP contribution in [0.15, 0.2) is 24.3 Å². The molecule has 0 bridgehead atoms. The minimum Gasteiger partial charge on any atom is -0.478 e. The van der Waals surface area contributed by atoms with E-state index in [1.807, 2.05) is 24.3 Å². The van der Waals surface area contributed by atoms with Crippen molar-refractivity contribution >= 4 is 5.91 Å². The average Bonchev–Trinajstić information content (AvgIpc) is 2.36. The first-order valence-corrected chi connectivity index (χ1v) is 6.15. The van der Waals surface area contributed by atoms with E-state index in [1.54, 1.807) is 0 Å². The van der Waals surface area contributed by atoms with Gasteiger partial charge in [0, 0.05) is 7.11 Å². The molecule has 0 radical (unpaired) electrons. The van der Waals surface area contributed by atoms with Gasteiger partial charge < -0.3 is 9.47 Å². The maximum atomic E-state index is 11.5. The van der Waals surface area contributed by atoms with Gasteiger partial charge in [0.05, 0.1) is 6.61 Å². The van der Waals surface area contributed by atoms with E-state index in [1.165, 1.54) is 7.11 Å². The molecule has 0 saturated carbocycles. The lowest BCUT2D eigenvalue weighted by atomic mass is 9.87. The Bertz CT molecular complexity index is 427. The van der Waals surface area contributed by atoms with Crippen molar-refractivity contribution in [3.8, 4) is 5.75 Å². The molecule has 0 aromatic heterocycles. The van der Waals surface area contributed by atoms with E-state index in [0.29, 0.717) is 5.75 Å². The Kier molecular flexibility index (Phi) is 5.32. The zero-order valence-electron chi connectivity index (χ0n) is 11.9. The summed E-state index contributed by atoms with van der Waals surface area (Å²) in [5.74, 6) is 5.33. The molecule has 1 aromatic rings. The summed E-state index contributed by atoms with van der Waals surface area (Å²) in [5.41, 5.74) is 3.22. The average molecular weight is 266 g/mol. The molecule has 5 heteroatoms.